The van der Waals surface area contributed by atoms with E-state index < -0.39 is 5.54 Å². The molecular weight excluding hydrogens is 288 g/mol. The first kappa shape index (κ1) is 15.1. The Morgan fingerprint density at radius 2 is 1.87 bits per heavy atom. The molecule has 23 heavy (non-hydrogen) atoms. The van der Waals surface area contributed by atoms with E-state index in [0.717, 1.165) is 16.9 Å². The van der Waals surface area contributed by atoms with Gasteiger partial charge in [0.15, 0.2) is 5.69 Å². The predicted molar refractivity (Wildman–Crippen MR) is 88.6 cm³/mol. The molecule has 0 saturated carbocycles. The number of rotatable bonds is 3. The molecule has 2 aromatic carbocycles. The summed E-state index contributed by atoms with van der Waals surface area (Å²) in [4.78, 5) is 18.1. The second kappa shape index (κ2) is 5.44. The Hall–Kier alpha value is -2.80. The van der Waals surface area contributed by atoms with Gasteiger partial charge in [-0.1, -0.05) is 30.3 Å². The molecule has 2 aromatic rings. The van der Waals surface area contributed by atoms with Crippen LogP contribution in [0.15, 0.2) is 42.5 Å². The normalized spacial score (nSPS) is 15.2. The number of carbonyl (C=O) groups excluding carboxylic acids is 1. The van der Waals surface area contributed by atoms with Gasteiger partial charge in [0.2, 0.25) is 0 Å². The lowest BCUT2D eigenvalue weighted by Gasteiger charge is -2.32. The van der Waals surface area contributed by atoms with Crippen molar-refractivity contribution in [1.29, 1.82) is 0 Å². The highest BCUT2D eigenvalue weighted by Crippen LogP contribution is 2.41. The van der Waals surface area contributed by atoms with Gasteiger partial charge >= 0.3 is 0 Å². The zero-order valence-corrected chi connectivity index (χ0v) is 13.5. The van der Waals surface area contributed by atoms with Crippen molar-refractivity contribution in [2.45, 2.75) is 25.9 Å². The van der Waals surface area contributed by atoms with Crippen molar-refractivity contribution in [2.24, 2.45) is 0 Å². The molecule has 0 aliphatic carbocycles. The van der Waals surface area contributed by atoms with Gasteiger partial charge in [0.25, 0.3) is 5.91 Å². The molecule has 4 nitrogen and oxygen atoms in total. The van der Waals surface area contributed by atoms with Gasteiger partial charge in [-0.25, -0.2) is 4.85 Å². The minimum absolute atomic E-state index is 0.0114. The van der Waals surface area contributed by atoms with Crippen molar-refractivity contribution in [2.75, 3.05) is 7.11 Å². The topological polar surface area (TPSA) is 33.9 Å². The fourth-order valence-corrected chi connectivity index (χ4v) is 3.02. The lowest BCUT2D eigenvalue weighted by molar-refractivity contribution is 0.0595. The van der Waals surface area contributed by atoms with Gasteiger partial charge in [-0.2, -0.15) is 0 Å². The van der Waals surface area contributed by atoms with Gasteiger partial charge in [-0.15, -0.1) is 0 Å². The number of nitrogens with zero attached hydrogens (tertiary/aromatic N) is 2. The van der Waals surface area contributed by atoms with E-state index >= 15 is 0 Å². The molecule has 0 aromatic heterocycles. The lowest BCUT2D eigenvalue weighted by Crippen LogP contribution is -2.38. The maximum Gasteiger partial charge on any atom is 0.255 e. The molecule has 0 bridgehead atoms. The van der Waals surface area contributed by atoms with Crippen LogP contribution in [0.25, 0.3) is 4.85 Å². The second-order valence-electron chi connectivity index (χ2n) is 6.14. The lowest BCUT2D eigenvalue weighted by atomic mass is 9.93. The molecule has 116 valence electrons. The van der Waals surface area contributed by atoms with Gasteiger partial charge in [0.05, 0.1) is 19.2 Å². The van der Waals surface area contributed by atoms with Crippen molar-refractivity contribution in [3.63, 3.8) is 0 Å². The molecular formula is C19H18N2O2. The SMILES string of the molecule is [C-]#[N+]c1ccc2c(c1)C(C)(C)N(Cc1ccc(OC)cc1)C2=O. The highest BCUT2D eigenvalue weighted by molar-refractivity contribution is 6.00. The summed E-state index contributed by atoms with van der Waals surface area (Å²) in [5.41, 5.74) is 2.79. The molecule has 0 N–H and O–H groups in total. The van der Waals surface area contributed by atoms with Crippen LogP contribution in [0.2, 0.25) is 0 Å². The van der Waals surface area contributed by atoms with Gasteiger partial charge in [0.1, 0.15) is 5.75 Å². The van der Waals surface area contributed by atoms with E-state index in [1.165, 1.54) is 0 Å². The van der Waals surface area contributed by atoms with Crippen LogP contribution in [0.4, 0.5) is 5.69 Å². The molecule has 0 saturated heterocycles. The zero-order valence-electron chi connectivity index (χ0n) is 13.5. The summed E-state index contributed by atoms with van der Waals surface area (Å²) in [5.74, 6) is 0.808. The Kier molecular flexibility index (Phi) is 3.57. The molecule has 0 unspecified atom stereocenters. The van der Waals surface area contributed by atoms with Crippen LogP contribution in [0.3, 0.4) is 0 Å². The van der Waals surface area contributed by atoms with Crippen molar-refractivity contribution >= 4 is 11.6 Å². The third-order valence-corrected chi connectivity index (χ3v) is 4.44. The van der Waals surface area contributed by atoms with Gasteiger partial charge in [-0.05, 0) is 37.1 Å². The van der Waals surface area contributed by atoms with E-state index in [2.05, 4.69) is 4.85 Å². The Morgan fingerprint density at radius 3 is 2.48 bits per heavy atom. The van der Waals surface area contributed by atoms with Crippen LogP contribution in [-0.2, 0) is 12.1 Å². The molecule has 4 heteroatoms. The molecule has 0 spiro atoms. The number of benzene rings is 2. The largest absolute Gasteiger partial charge is 0.497 e. The van der Waals surface area contributed by atoms with Gasteiger partial charge in [-0.3, -0.25) is 4.79 Å². The smallest absolute Gasteiger partial charge is 0.255 e. The molecule has 0 atom stereocenters. The Labute approximate surface area is 136 Å². The molecule has 0 radical (unpaired) electrons. The molecule has 1 heterocycles. The monoisotopic (exact) mass is 306 g/mol. The highest BCUT2D eigenvalue weighted by Gasteiger charge is 2.42. The fourth-order valence-electron chi connectivity index (χ4n) is 3.02. The summed E-state index contributed by atoms with van der Waals surface area (Å²) in [7, 11) is 1.63. The van der Waals surface area contributed by atoms with Crippen LogP contribution in [0.5, 0.6) is 5.75 Å². The quantitative estimate of drug-likeness (QED) is 0.799. The van der Waals surface area contributed by atoms with E-state index in [9.17, 15) is 4.79 Å². The molecule has 3 rings (SSSR count). The van der Waals surface area contributed by atoms with E-state index in [4.69, 9.17) is 11.3 Å². The van der Waals surface area contributed by atoms with Crippen molar-refractivity contribution in [3.05, 3.63) is 70.6 Å². The first-order chi connectivity index (χ1) is 11.0. The summed E-state index contributed by atoms with van der Waals surface area (Å²) in [6.07, 6.45) is 0. The Bertz CT molecular complexity index is 801. The summed E-state index contributed by atoms with van der Waals surface area (Å²) in [6, 6.07) is 13.0. The molecule has 0 fully saturated rings. The zero-order chi connectivity index (χ0) is 16.6. The third-order valence-electron chi connectivity index (χ3n) is 4.44. The van der Waals surface area contributed by atoms with E-state index in [-0.39, 0.29) is 5.91 Å². The predicted octanol–water partition coefficient (Wildman–Crippen LogP) is 4.14. The molecule has 1 aliphatic heterocycles. The Balaban J connectivity index is 1.94. The number of fused-ring (bicyclic) bond motifs is 1. The number of hydrogen-bond donors (Lipinski definition) is 0. The first-order valence-corrected chi connectivity index (χ1v) is 7.44. The number of hydrogen-bond acceptors (Lipinski definition) is 2. The minimum atomic E-state index is -0.437. The molecule has 1 aliphatic rings. The third kappa shape index (κ3) is 2.44. The van der Waals surface area contributed by atoms with E-state index in [1.807, 2.05) is 49.1 Å². The average Bonchev–Trinajstić information content (AvgIpc) is 2.76. The average molecular weight is 306 g/mol. The van der Waals surface area contributed by atoms with Gasteiger partial charge in [0, 0.05) is 12.1 Å². The molecule has 1 amide bonds. The Morgan fingerprint density at radius 1 is 1.17 bits per heavy atom. The summed E-state index contributed by atoms with van der Waals surface area (Å²) < 4.78 is 5.17. The van der Waals surface area contributed by atoms with E-state index in [0.29, 0.717) is 17.8 Å². The van der Waals surface area contributed by atoms with Crippen LogP contribution in [-0.4, -0.2) is 17.9 Å². The second-order valence-corrected chi connectivity index (χ2v) is 6.14. The van der Waals surface area contributed by atoms with Crippen LogP contribution >= 0.6 is 0 Å². The van der Waals surface area contributed by atoms with Crippen LogP contribution < -0.4 is 4.74 Å². The minimum Gasteiger partial charge on any atom is -0.497 e. The number of carbonyl (C=O) groups is 1. The highest BCUT2D eigenvalue weighted by atomic mass is 16.5. The first-order valence-electron chi connectivity index (χ1n) is 7.44. The summed E-state index contributed by atoms with van der Waals surface area (Å²) in [5, 5.41) is 0. The van der Waals surface area contributed by atoms with Crippen LogP contribution in [0.1, 0.15) is 35.3 Å². The fraction of sp³-hybridized carbons (Fsp3) is 0.263. The van der Waals surface area contributed by atoms with Crippen molar-refractivity contribution in [1.82, 2.24) is 4.90 Å². The number of amides is 1. The maximum absolute atomic E-state index is 12.8. The number of methoxy groups -OCH3 is 1. The summed E-state index contributed by atoms with van der Waals surface area (Å²) >= 11 is 0. The van der Waals surface area contributed by atoms with Crippen LogP contribution in [0, 0.1) is 6.57 Å². The summed E-state index contributed by atoms with van der Waals surface area (Å²) in [6.45, 7) is 11.7. The maximum atomic E-state index is 12.8. The number of ether oxygens (including phenoxy) is 1. The van der Waals surface area contributed by atoms with Gasteiger partial charge < -0.3 is 9.64 Å². The van der Waals surface area contributed by atoms with Crippen molar-refractivity contribution in [3.8, 4) is 5.75 Å². The standard InChI is InChI=1S/C19H18N2O2/c1-19(2)17-11-14(20-3)7-10-16(17)18(22)21(19)12-13-5-8-15(23-4)9-6-13/h5-11H,12H2,1-2,4H3. The van der Waals surface area contributed by atoms with E-state index in [1.54, 1.807) is 19.2 Å². The van der Waals surface area contributed by atoms with Crippen molar-refractivity contribution < 1.29 is 9.53 Å².